The first-order chi connectivity index (χ1) is 8.08. The molecule has 1 N–H and O–H groups in total. The third kappa shape index (κ3) is 2.61. The number of nitrogens with zero attached hydrogens (tertiary/aromatic N) is 2. The first-order valence-corrected chi connectivity index (χ1v) is 5.93. The molecule has 0 fully saturated rings. The molecule has 0 saturated heterocycles. The van der Waals surface area contributed by atoms with E-state index in [0.717, 1.165) is 17.3 Å². The summed E-state index contributed by atoms with van der Waals surface area (Å²) in [6.07, 6.45) is 1.88. The summed E-state index contributed by atoms with van der Waals surface area (Å²) in [6.45, 7) is 4.85. The molecule has 2 aromatic rings. The normalized spacial score (nSPS) is 10.6. The molecule has 0 amide bonds. The number of nitrogens with one attached hydrogen (secondary N) is 1. The van der Waals surface area contributed by atoms with Crippen LogP contribution in [0, 0.1) is 13.8 Å². The van der Waals surface area contributed by atoms with Crippen molar-refractivity contribution >= 4 is 17.3 Å². The fourth-order valence-corrected chi connectivity index (χ4v) is 1.87. The maximum atomic E-state index is 6.12. The van der Waals surface area contributed by atoms with Gasteiger partial charge in [0.2, 0.25) is 0 Å². The number of anilines is 1. The van der Waals surface area contributed by atoms with Gasteiger partial charge in [-0.1, -0.05) is 17.7 Å². The molecular formula is C13H16ClN3. The third-order valence-corrected chi connectivity index (χ3v) is 3.26. The van der Waals surface area contributed by atoms with Crippen molar-refractivity contribution in [2.45, 2.75) is 20.4 Å². The summed E-state index contributed by atoms with van der Waals surface area (Å²) in [6, 6.07) is 5.96. The van der Waals surface area contributed by atoms with Crippen LogP contribution in [-0.4, -0.2) is 9.78 Å². The van der Waals surface area contributed by atoms with Crippen molar-refractivity contribution in [1.29, 1.82) is 0 Å². The van der Waals surface area contributed by atoms with E-state index in [1.54, 1.807) is 0 Å². The van der Waals surface area contributed by atoms with Crippen LogP contribution in [0.15, 0.2) is 24.4 Å². The monoisotopic (exact) mass is 249 g/mol. The fraction of sp³-hybridized carbons (Fsp3) is 0.308. The lowest BCUT2D eigenvalue weighted by Gasteiger charge is -2.09. The molecule has 0 unspecified atom stereocenters. The second kappa shape index (κ2) is 4.80. The maximum absolute atomic E-state index is 6.12. The molecule has 3 nitrogen and oxygen atoms in total. The molecule has 90 valence electrons. The van der Waals surface area contributed by atoms with Crippen molar-refractivity contribution in [3.8, 4) is 0 Å². The minimum atomic E-state index is 0.739. The lowest BCUT2D eigenvalue weighted by molar-refractivity contribution is 0.738. The van der Waals surface area contributed by atoms with E-state index in [0.29, 0.717) is 0 Å². The zero-order valence-corrected chi connectivity index (χ0v) is 11.0. The minimum Gasteiger partial charge on any atom is -0.380 e. The molecule has 0 saturated carbocycles. The highest BCUT2D eigenvalue weighted by Crippen LogP contribution is 2.23. The van der Waals surface area contributed by atoms with Crippen molar-refractivity contribution in [3.05, 3.63) is 46.2 Å². The summed E-state index contributed by atoms with van der Waals surface area (Å²) < 4.78 is 1.87. The molecule has 0 atom stereocenters. The number of benzene rings is 1. The third-order valence-electron chi connectivity index (χ3n) is 2.93. The Morgan fingerprint density at radius 1 is 1.35 bits per heavy atom. The van der Waals surface area contributed by atoms with Crippen LogP contribution in [0.5, 0.6) is 0 Å². The molecule has 1 aromatic heterocycles. The summed E-state index contributed by atoms with van der Waals surface area (Å²) in [4.78, 5) is 0. The number of halogens is 1. The SMILES string of the molecule is Cc1ccc(Cl)c(NCc2cnn(C)c2C)c1. The van der Waals surface area contributed by atoms with Crippen LogP contribution in [-0.2, 0) is 13.6 Å². The van der Waals surface area contributed by atoms with E-state index in [1.165, 1.54) is 16.8 Å². The summed E-state index contributed by atoms with van der Waals surface area (Å²) in [5.41, 5.74) is 4.51. The molecule has 0 aliphatic carbocycles. The lowest BCUT2D eigenvalue weighted by atomic mass is 10.2. The van der Waals surface area contributed by atoms with Crippen LogP contribution in [0.2, 0.25) is 5.02 Å². The average Bonchev–Trinajstić information content (AvgIpc) is 2.62. The smallest absolute Gasteiger partial charge is 0.0637 e. The standard InChI is InChI=1S/C13H16ClN3/c1-9-4-5-12(14)13(6-9)15-7-11-8-16-17(3)10(11)2/h4-6,8,15H,7H2,1-3H3. The summed E-state index contributed by atoms with van der Waals surface area (Å²) >= 11 is 6.12. The number of hydrogen-bond acceptors (Lipinski definition) is 2. The largest absolute Gasteiger partial charge is 0.380 e. The molecule has 1 aromatic carbocycles. The van der Waals surface area contributed by atoms with Crippen molar-refractivity contribution in [2.75, 3.05) is 5.32 Å². The highest BCUT2D eigenvalue weighted by atomic mass is 35.5. The summed E-state index contributed by atoms with van der Waals surface area (Å²) in [7, 11) is 1.94. The zero-order chi connectivity index (χ0) is 12.4. The predicted molar refractivity (Wildman–Crippen MR) is 71.5 cm³/mol. The maximum Gasteiger partial charge on any atom is 0.0637 e. The summed E-state index contributed by atoms with van der Waals surface area (Å²) in [5, 5.41) is 8.30. The Morgan fingerprint density at radius 3 is 2.76 bits per heavy atom. The molecule has 0 aliphatic heterocycles. The second-order valence-electron chi connectivity index (χ2n) is 4.22. The van der Waals surface area contributed by atoms with Gasteiger partial charge in [-0.25, -0.2) is 0 Å². The number of rotatable bonds is 3. The van der Waals surface area contributed by atoms with E-state index >= 15 is 0 Å². The molecular weight excluding hydrogens is 234 g/mol. The van der Waals surface area contributed by atoms with Gasteiger partial charge in [-0.3, -0.25) is 4.68 Å². The quantitative estimate of drug-likeness (QED) is 0.905. The number of aryl methyl sites for hydroxylation is 2. The van der Waals surface area contributed by atoms with Crippen molar-refractivity contribution in [3.63, 3.8) is 0 Å². The van der Waals surface area contributed by atoms with E-state index in [1.807, 2.05) is 36.1 Å². The van der Waals surface area contributed by atoms with Gasteiger partial charge in [0.05, 0.1) is 16.9 Å². The molecule has 0 radical (unpaired) electrons. The molecule has 1 heterocycles. The van der Waals surface area contributed by atoms with Gasteiger partial charge in [0.1, 0.15) is 0 Å². The zero-order valence-electron chi connectivity index (χ0n) is 10.3. The van der Waals surface area contributed by atoms with Crippen LogP contribution >= 0.6 is 11.6 Å². The molecule has 0 bridgehead atoms. The topological polar surface area (TPSA) is 29.9 Å². The number of aromatic nitrogens is 2. The van der Waals surface area contributed by atoms with E-state index < -0.39 is 0 Å². The van der Waals surface area contributed by atoms with Gasteiger partial charge < -0.3 is 5.32 Å². The van der Waals surface area contributed by atoms with E-state index in [9.17, 15) is 0 Å². The first-order valence-electron chi connectivity index (χ1n) is 5.55. The molecule has 4 heteroatoms. The lowest BCUT2D eigenvalue weighted by Crippen LogP contribution is -2.02. The van der Waals surface area contributed by atoms with Gasteiger partial charge in [-0.2, -0.15) is 5.10 Å². The Morgan fingerprint density at radius 2 is 2.12 bits per heavy atom. The molecule has 17 heavy (non-hydrogen) atoms. The van der Waals surface area contributed by atoms with Gasteiger partial charge in [0, 0.05) is 24.8 Å². The van der Waals surface area contributed by atoms with Crippen LogP contribution < -0.4 is 5.32 Å². The summed E-state index contributed by atoms with van der Waals surface area (Å²) in [5.74, 6) is 0. The van der Waals surface area contributed by atoms with E-state index in [4.69, 9.17) is 11.6 Å². The molecule has 0 spiro atoms. The highest BCUT2D eigenvalue weighted by molar-refractivity contribution is 6.33. The van der Waals surface area contributed by atoms with E-state index in [-0.39, 0.29) is 0 Å². The Hall–Kier alpha value is -1.48. The average molecular weight is 250 g/mol. The second-order valence-corrected chi connectivity index (χ2v) is 4.62. The van der Waals surface area contributed by atoms with Crippen molar-refractivity contribution in [1.82, 2.24) is 9.78 Å². The van der Waals surface area contributed by atoms with Gasteiger partial charge in [-0.05, 0) is 31.5 Å². The van der Waals surface area contributed by atoms with Crippen molar-refractivity contribution < 1.29 is 0 Å². The first kappa shape index (κ1) is 12.0. The number of hydrogen-bond donors (Lipinski definition) is 1. The highest BCUT2D eigenvalue weighted by Gasteiger charge is 2.05. The van der Waals surface area contributed by atoms with Crippen LogP contribution in [0.4, 0.5) is 5.69 Å². The van der Waals surface area contributed by atoms with Gasteiger partial charge >= 0.3 is 0 Å². The van der Waals surface area contributed by atoms with E-state index in [2.05, 4.69) is 24.3 Å². The van der Waals surface area contributed by atoms with Gasteiger partial charge in [-0.15, -0.1) is 0 Å². The van der Waals surface area contributed by atoms with Crippen LogP contribution in [0.1, 0.15) is 16.8 Å². The Kier molecular flexibility index (Phi) is 3.38. The Bertz CT molecular complexity index is 531. The van der Waals surface area contributed by atoms with Crippen LogP contribution in [0.25, 0.3) is 0 Å². The molecule has 0 aliphatic rings. The predicted octanol–water partition coefficient (Wildman–Crippen LogP) is 3.30. The van der Waals surface area contributed by atoms with Crippen LogP contribution in [0.3, 0.4) is 0 Å². The Labute approximate surface area is 106 Å². The fourth-order valence-electron chi connectivity index (χ4n) is 1.68. The van der Waals surface area contributed by atoms with Gasteiger partial charge in [0.25, 0.3) is 0 Å². The van der Waals surface area contributed by atoms with Gasteiger partial charge in [0.15, 0.2) is 0 Å². The van der Waals surface area contributed by atoms with Crippen molar-refractivity contribution in [2.24, 2.45) is 7.05 Å². The minimum absolute atomic E-state index is 0.739. The molecule has 2 rings (SSSR count). The Balaban J connectivity index is 2.12.